The average molecular weight is 920 g/mol. The molecule has 15 aromatic rings. The van der Waals surface area contributed by atoms with Crippen molar-refractivity contribution < 1.29 is 4.42 Å². The van der Waals surface area contributed by atoms with Crippen molar-refractivity contribution >= 4 is 93.0 Å². The van der Waals surface area contributed by atoms with Gasteiger partial charge in [-0.05, 0) is 42.5 Å². The number of rotatable bonds is 6. The summed E-state index contributed by atoms with van der Waals surface area (Å²) < 4.78 is 14.6. The van der Waals surface area contributed by atoms with Crippen molar-refractivity contribution in [3.05, 3.63) is 236 Å². The molecule has 8 nitrogen and oxygen atoms in total. The average Bonchev–Trinajstić information content (AvgIpc) is 4.20. The monoisotopic (exact) mass is 919 g/mol. The maximum Gasteiger partial charge on any atom is 0.239 e. The van der Waals surface area contributed by atoms with Crippen LogP contribution in [0.3, 0.4) is 0 Å². The smallest absolute Gasteiger partial charge is 0.239 e. The molecule has 0 saturated heterocycles. The number of hydrogen-bond acceptors (Lipinski definition) is 4. The molecule has 0 amide bonds. The fourth-order valence-corrected chi connectivity index (χ4v) is 11.3. The molecule has 5 aromatic heterocycles. The Morgan fingerprint density at radius 3 is 1.08 bits per heavy atom. The number of furan rings is 1. The summed E-state index contributed by atoms with van der Waals surface area (Å²) in [6.45, 7) is 9.63. The number of para-hydroxylation sites is 7. The Hall–Kier alpha value is -10.1. The summed E-state index contributed by atoms with van der Waals surface area (Å²) in [5, 5.41) is 8.23. The minimum Gasteiger partial charge on any atom is -0.454 e. The first kappa shape index (κ1) is 39.9. The van der Waals surface area contributed by atoms with Crippen LogP contribution >= 0.6 is 0 Å². The van der Waals surface area contributed by atoms with E-state index in [2.05, 4.69) is 171 Å². The zero-order chi connectivity index (χ0) is 47.4. The predicted molar refractivity (Wildman–Crippen MR) is 293 cm³/mol. The Labute approximate surface area is 411 Å². The highest BCUT2D eigenvalue weighted by molar-refractivity contribution is 6.23. The summed E-state index contributed by atoms with van der Waals surface area (Å²) in [4.78, 5) is 20.3. The van der Waals surface area contributed by atoms with Gasteiger partial charge in [-0.25, -0.2) is 19.8 Å². The molecule has 334 valence electrons. The van der Waals surface area contributed by atoms with Crippen LogP contribution in [0.25, 0.3) is 143 Å². The molecule has 0 spiro atoms. The quantitative estimate of drug-likeness (QED) is 0.156. The molecule has 5 heterocycles. The minimum absolute atomic E-state index is 0.441. The third-order valence-electron chi connectivity index (χ3n) is 14.3. The van der Waals surface area contributed by atoms with Gasteiger partial charge in [-0.3, -0.25) is 0 Å². The fraction of sp³-hybridized carbons (Fsp3) is 0. The van der Waals surface area contributed by atoms with Crippen molar-refractivity contribution in [2.24, 2.45) is 0 Å². The van der Waals surface area contributed by atoms with Gasteiger partial charge in [-0.15, -0.1) is 0 Å². The molecule has 0 atom stereocenters. The second-order valence-corrected chi connectivity index (χ2v) is 18.1. The topological polar surface area (TPSA) is 71.0 Å². The number of nitrogens with zero attached hydrogens (tertiary/aromatic N) is 7. The first-order chi connectivity index (χ1) is 35.7. The van der Waals surface area contributed by atoms with Crippen LogP contribution in [-0.2, 0) is 0 Å². The molecule has 0 bridgehead atoms. The highest BCUT2D eigenvalue weighted by Gasteiger charge is 2.33. The van der Waals surface area contributed by atoms with Crippen LogP contribution in [0, 0.1) is 6.57 Å². The van der Waals surface area contributed by atoms with Crippen LogP contribution in [0.2, 0.25) is 0 Å². The summed E-state index contributed by atoms with van der Waals surface area (Å²) in [6.07, 6.45) is 0. The Morgan fingerprint density at radius 2 is 0.667 bits per heavy atom. The Balaban J connectivity index is 1.20. The van der Waals surface area contributed by atoms with E-state index in [0.29, 0.717) is 45.6 Å². The maximum atomic E-state index is 9.63. The lowest BCUT2D eigenvalue weighted by Gasteiger charge is -2.23. The van der Waals surface area contributed by atoms with Crippen molar-refractivity contribution in [2.45, 2.75) is 0 Å². The Bertz CT molecular complexity index is 4550. The molecule has 0 aliphatic rings. The highest BCUT2D eigenvalue weighted by Crippen LogP contribution is 2.53. The van der Waals surface area contributed by atoms with Crippen molar-refractivity contribution in [1.82, 2.24) is 28.7 Å². The molecule has 0 unspecified atom stereocenters. The molecule has 8 heteroatoms. The van der Waals surface area contributed by atoms with E-state index in [1.807, 2.05) is 66.7 Å². The molecule has 0 aliphatic heterocycles. The molecule has 0 N–H and O–H groups in total. The molecule has 72 heavy (non-hydrogen) atoms. The molecule has 10 aromatic carbocycles. The second kappa shape index (κ2) is 15.5. The van der Waals surface area contributed by atoms with E-state index in [-0.39, 0.29) is 0 Å². The first-order valence-electron chi connectivity index (χ1n) is 24.0. The summed E-state index contributed by atoms with van der Waals surface area (Å²) in [7, 11) is 0. The lowest BCUT2D eigenvalue weighted by Crippen LogP contribution is -2.07. The number of fused-ring (bicyclic) bond motifs is 12. The molecule has 0 saturated carbocycles. The summed E-state index contributed by atoms with van der Waals surface area (Å²) in [5.74, 6) is 1.57. The van der Waals surface area contributed by atoms with E-state index in [0.717, 1.165) is 98.7 Å². The minimum atomic E-state index is 0.441. The van der Waals surface area contributed by atoms with Crippen LogP contribution < -0.4 is 0 Å². The van der Waals surface area contributed by atoms with Gasteiger partial charge < -0.3 is 18.1 Å². The normalized spacial score (nSPS) is 11.9. The van der Waals surface area contributed by atoms with Crippen LogP contribution in [0.1, 0.15) is 0 Å². The van der Waals surface area contributed by atoms with Crippen LogP contribution in [0.4, 0.5) is 5.69 Å². The van der Waals surface area contributed by atoms with Crippen molar-refractivity contribution in [3.63, 3.8) is 0 Å². The van der Waals surface area contributed by atoms with E-state index in [4.69, 9.17) is 24.2 Å². The lowest BCUT2D eigenvalue weighted by molar-refractivity contribution is 0.667. The standard InChI is InChI=1S/C64H37N7O/c1-65-56-58(70-51-35-16-10-27-43(51)44-28-11-17-36-52(44)70)57(69-49-33-14-8-25-41(49)42-26-9-15-34-50(42)69)55-47-31-20-32-48(64-67-62(39-21-4-2-5-22-39)66-63(68-64)40-23-6-3-7-24-40)60(47)72-61(55)59(56)71-53-37-18-12-29-45(53)46-30-13-19-38-54(46)71/h2-38H. The summed E-state index contributed by atoms with van der Waals surface area (Å²) >= 11 is 0. The van der Waals surface area contributed by atoms with E-state index in [1.165, 1.54) is 0 Å². The predicted octanol–water partition coefficient (Wildman–Crippen LogP) is 16.6. The molecule has 0 aliphatic carbocycles. The number of aromatic nitrogens is 6. The number of benzene rings is 10. The summed E-state index contributed by atoms with van der Waals surface area (Å²) in [5.41, 5.74) is 12.1. The van der Waals surface area contributed by atoms with Gasteiger partial charge in [0.15, 0.2) is 23.1 Å². The molecule has 15 rings (SSSR count). The second-order valence-electron chi connectivity index (χ2n) is 18.1. The van der Waals surface area contributed by atoms with Crippen molar-refractivity contribution in [2.75, 3.05) is 0 Å². The van der Waals surface area contributed by atoms with E-state index < -0.39 is 0 Å². The van der Waals surface area contributed by atoms with Gasteiger partial charge >= 0.3 is 0 Å². The van der Waals surface area contributed by atoms with Crippen molar-refractivity contribution in [3.8, 4) is 51.2 Å². The third kappa shape index (κ3) is 5.64. The van der Waals surface area contributed by atoms with Gasteiger partial charge in [-0.2, -0.15) is 0 Å². The SMILES string of the molecule is [C-]#[N+]c1c(-n2c3ccccc3c3ccccc32)c(-n2c3ccccc3c3ccccc32)c2c(oc3c(-c4nc(-c5ccccc5)nc(-c5ccccc5)n4)cccc32)c1-n1c2ccccc2c2ccccc21. The third-order valence-corrected chi connectivity index (χ3v) is 14.3. The van der Waals surface area contributed by atoms with Crippen LogP contribution in [0.15, 0.2) is 229 Å². The maximum absolute atomic E-state index is 9.63. The van der Waals surface area contributed by atoms with E-state index in [1.54, 1.807) is 0 Å². The molecule has 0 radical (unpaired) electrons. The fourth-order valence-electron chi connectivity index (χ4n) is 11.3. The number of hydrogen-bond donors (Lipinski definition) is 0. The van der Waals surface area contributed by atoms with Crippen LogP contribution in [0.5, 0.6) is 0 Å². The lowest BCUT2D eigenvalue weighted by atomic mass is 10.0. The highest BCUT2D eigenvalue weighted by atomic mass is 16.3. The Morgan fingerprint density at radius 1 is 0.319 bits per heavy atom. The van der Waals surface area contributed by atoms with Crippen LogP contribution in [-0.4, -0.2) is 28.7 Å². The van der Waals surface area contributed by atoms with Gasteiger partial charge in [0.2, 0.25) is 5.69 Å². The van der Waals surface area contributed by atoms with E-state index >= 15 is 0 Å². The molecular weight excluding hydrogens is 883 g/mol. The zero-order valence-corrected chi connectivity index (χ0v) is 38.4. The largest absolute Gasteiger partial charge is 0.454 e. The van der Waals surface area contributed by atoms with Gasteiger partial charge in [-0.1, -0.05) is 182 Å². The van der Waals surface area contributed by atoms with Gasteiger partial charge in [0.05, 0.1) is 67.7 Å². The molecule has 0 fully saturated rings. The summed E-state index contributed by atoms with van der Waals surface area (Å²) in [6, 6.07) is 77.4. The van der Waals surface area contributed by atoms with Gasteiger partial charge in [0.25, 0.3) is 0 Å². The zero-order valence-electron chi connectivity index (χ0n) is 38.4. The Kier molecular flexibility index (Phi) is 8.55. The van der Waals surface area contributed by atoms with Gasteiger partial charge in [0.1, 0.15) is 5.58 Å². The van der Waals surface area contributed by atoms with E-state index in [9.17, 15) is 6.57 Å². The molecular formula is C64H37N7O. The first-order valence-corrected chi connectivity index (χ1v) is 24.0. The van der Waals surface area contributed by atoms with Crippen molar-refractivity contribution in [1.29, 1.82) is 0 Å². The van der Waals surface area contributed by atoms with Gasteiger partial charge in [0, 0.05) is 48.8 Å².